The van der Waals surface area contributed by atoms with E-state index < -0.39 is 11.2 Å². The number of allylic oxidation sites excluding steroid dienone is 1. The Morgan fingerprint density at radius 3 is 2.86 bits per heavy atom. The molecule has 0 aromatic heterocycles. The van der Waals surface area contributed by atoms with E-state index in [0.29, 0.717) is 45.3 Å². The molecule has 0 aliphatic carbocycles. The Morgan fingerprint density at radius 2 is 2.11 bits per heavy atom. The molecule has 28 heavy (non-hydrogen) atoms. The molecule has 0 spiro atoms. The number of hydrogen-bond acceptors (Lipinski definition) is 7. The highest BCUT2D eigenvalue weighted by Gasteiger charge is 2.07. The van der Waals surface area contributed by atoms with Crippen molar-refractivity contribution in [3.63, 3.8) is 0 Å². The lowest BCUT2D eigenvalue weighted by Gasteiger charge is -2.15. The van der Waals surface area contributed by atoms with Crippen LogP contribution in [-0.4, -0.2) is 55.1 Å². The third kappa shape index (κ3) is 11.1. The Labute approximate surface area is 164 Å². The van der Waals surface area contributed by atoms with Crippen LogP contribution < -0.4 is 15.4 Å². The Kier molecular flexibility index (Phi) is 12.0. The number of carbonyl (C=O) groups excluding carboxylic acids is 1. The van der Waals surface area contributed by atoms with E-state index in [1.165, 1.54) is 0 Å². The minimum absolute atomic E-state index is 0.000140. The van der Waals surface area contributed by atoms with Crippen molar-refractivity contribution in [2.45, 2.75) is 31.8 Å². The molecule has 0 fully saturated rings. The van der Waals surface area contributed by atoms with Crippen LogP contribution in [0.25, 0.3) is 0 Å². The van der Waals surface area contributed by atoms with E-state index in [9.17, 15) is 20.0 Å². The van der Waals surface area contributed by atoms with Crippen LogP contribution in [0.2, 0.25) is 0 Å². The van der Waals surface area contributed by atoms with E-state index >= 15 is 0 Å². The van der Waals surface area contributed by atoms with Crippen LogP contribution >= 0.6 is 0 Å². The smallest absolute Gasteiger partial charge is 0.294 e. The number of nitrogens with one attached hydrogen (secondary N) is 2. The number of ether oxygens (including phenoxy) is 1. The molecule has 9 nitrogen and oxygen atoms in total. The number of rotatable bonds is 16. The molecule has 0 aliphatic rings. The van der Waals surface area contributed by atoms with E-state index in [1.54, 1.807) is 6.08 Å². The molecule has 0 radical (unpaired) electrons. The standard InChI is InChI=1S/C19H29N3O6/c1-2-7-16-8-3-4-9-18(16)27-15-17(23)14-20-11-12-21-19(24)10-5-6-13-28-22(25)26/h2-4,8-9,17,20,23H,1,5-7,10-15H2,(H,21,24). The molecule has 9 heteroatoms. The number of para-hydroxylation sites is 1. The predicted molar refractivity (Wildman–Crippen MR) is 105 cm³/mol. The first kappa shape index (κ1) is 23.4. The summed E-state index contributed by atoms with van der Waals surface area (Å²) in [6.07, 6.45) is 3.10. The number of aliphatic hydroxyl groups is 1. The second-order valence-electron chi connectivity index (χ2n) is 6.13. The zero-order valence-corrected chi connectivity index (χ0v) is 16.0. The number of nitrogens with zero attached hydrogens (tertiary/aromatic N) is 1. The van der Waals surface area contributed by atoms with E-state index in [2.05, 4.69) is 22.1 Å². The first-order chi connectivity index (χ1) is 13.5. The number of hydrogen-bond donors (Lipinski definition) is 3. The fraction of sp³-hybridized carbons (Fsp3) is 0.526. The molecule has 156 valence electrons. The number of amides is 1. The van der Waals surface area contributed by atoms with Gasteiger partial charge < -0.3 is 25.3 Å². The van der Waals surface area contributed by atoms with E-state index in [0.717, 1.165) is 11.3 Å². The lowest BCUT2D eigenvalue weighted by atomic mass is 10.1. The van der Waals surface area contributed by atoms with Gasteiger partial charge in [-0.05, 0) is 30.9 Å². The summed E-state index contributed by atoms with van der Waals surface area (Å²) in [6.45, 7) is 5.17. The number of benzene rings is 1. The highest BCUT2D eigenvalue weighted by atomic mass is 16.9. The van der Waals surface area contributed by atoms with Crippen molar-refractivity contribution >= 4 is 5.91 Å². The zero-order valence-electron chi connectivity index (χ0n) is 16.0. The molecule has 1 atom stereocenters. The Morgan fingerprint density at radius 1 is 1.32 bits per heavy atom. The SMILES string of the molecule is C=CCc1ccccc1OCC(O)CNCCNC(=O)CCCCO[N+](=O)[O-]. The van der Waals surface area contributed by atoms with Crippen LogP contribution in [-0.2, 0) is 16.1 Å². The van der Waals surface area contributed by atoms with E-state index in [1.807, 2.05) is 24.3 Å². The molecule has 1 unspecified atom stereocenters. The van der Waals surface area contributed by atoms with E-state index in [4.69, 9.17) is 4.74 Å². The average Bonchev–Trinajstić information content (AvgIpc) is 2.66. The molecule has 0 saturated heterocycles. The Hall–Kier alpha value is -2.65. The molecule has 3 N–H and O–H groups in total. The van der Waals surface area contributed by atoms with Gasteiger partial charge in [0, 0.05) is 26.1 Å². The lowest BCUT2D eigenvalue weighted by Crippen LogP contribution is -2.37. The first-order valence-electron chi connectivity index (χ1n) is 9.27. The monoisotopic (exact) mass is 395 g/mol. The summed E-state index contributed by atoms with van der Waals surface area (Å²) in [4.78, 5) is 25.7. The van der Waals surface area contributed by atoms with Crippen molar-refractivity contribution in [1.29, 1.82) is 0 Å². The molecular weight excluding hydrogens is 366 g/mol. The van der Waals surface area contributed by atoms with Gasteiger partial charge in [0.1, 0.15) is 18.5 Å². The van der Waals surface area contributed by atoms with Gasteiger partial charge in [-0.1, -0.05) is 24.3 Å². The molecule has 0 heterocycles. The van der Waals surface area contributed by atoms with Crippen LogP contribution in [0.4, 0.5) is 0 Å². The van der Waals surface area contributed by atoms with Crippen molar-refractivity contribution < 1.29 is 24.6 Å². The summed E-state index contributed by atoms with van der Waals surface area (Å²) in [7, 11) is 0. The molecule has 1 aromatic carbocycles. The molecule has 1 rings (SSSR count). The van der Waals surface area contributed by atoms with Gasteiger partial charge in [-0.3, -0.25) is 4.79 Å². The predicted octanol–water partition coefficient (Wildman–Crippen LogP) is 1.24. The summed E-state index contributed by atoms with van der Waals surface area (Å²) in [5.74, 6) is 0.614. The third-order valence-corrected chi connectivity index (χ3v) is 3.77. The number of aliphatic hydroxyl groups excluding tert-OH is 1. The van der Waals surface area contributed by atoms with Gasteiger partial charge in [0.25, 0.3) is 5.09 Å². The van der Waals surface area contributed by atoms with Gasteiger partial charge in [-0.25, -0.2) is 0 Å². The molecule has 0 aliphatic heterocycles. The fourth-order valence-corrected chi connectivity index (χ4v) is 2.39. The second kappa shape index (κ2) is 14.4. The molecule has 1 amide bonds. The summed E-state index contributed by atoms with van der Waals surface area (Å²) < 4.78 is 5.67. The van der Waals surface area contributed by atoms with Crippen LogP contribution in [0.15, 0.2) is 36.9 Å². The van der Waals surface area contributed by atoms with Crippen LogP contribution in [0.5, 0.6) is 5.75 Å². The van der Waals surface area contributed by atoms with Crippen LogP contribution in [0.3, 0.4) is 0 Å². The van der Waals surface area contributed by atoms with Crippen LogP contribution in [0, 0.1) is 10.1 Å². The fourth-order valence-electron chi connectivity index (χ4n) is 2.39. The molecule has 0 saturated carbocycles. The van der Waals surface area contributed by atoms with Crippen molar-refractivity contribution in [3.8, 4) is 5.75 Å². The lowest BCUT2D eigenvalue weighted by molar-refractivity contribution is -0.757. The largest absolute Gasteiger partial charge is 0.491 e. The second-order valence-corrected chi connectivity index (χ2v) is 6.13. The molecule has 1 aromatic rings. The highest BCUT2D eigenvalue weighted by molar-refractivity contribution is 5.75. The number of unbranched alkanes of at least 4 members (excludes halogenated alkanes) is 1. The van der Waals surface area contributed by atoms with Crippen molar-refractivity contribution in [2.75, 3.05) is 32.8 Å². The molecular formula is C19H29N3O6. The minimum atomic E-state index is -0.842. The van der Waals surface area contributed by atoms with Crippen molar-refractivity contribution in [3.05, 3.63) is 52.6 Å². The maximum Gasteiger partial charge on any atom is 0.294 e. The number of carbonyl (C=O) groups is 1. The highest BCUT2D eigenvalue weighted by Crippen LogP contribution is 2.18. The van der Waals surface area contributed by atoms with Gasteiger partial charge in [0.05, 0.1) is 6.61 Å². The Balaban J connectivity index is 2.06. The summed E-state index contributed by atoms with van der Waals surface area (Å²) >= 11 is 0. The van der Waals surface area contributed by atoms with Crippen LogP contribution in [0.1, 0.15) is 24.8 Å². The summed E-state index contributed by atoms with van der Waals surface area (Å²) in [5.41, 5.74) is 1.02. The first-order valence-corrected chi connectivity index (χ1v) is 9.27. The summed E-state index contributed by atoms with van der Waals surface area (Å²) in [5, 5.41) is 24.9. The van der Waals surface area contributed by atoms with Gasteiger partial charge in [0.15, 0.2) is 0 Å². The maximum atomic E-state index is 11.6. The maximum absolute atomic E-state index is 11.6. The van der Waals surface area contributed by atoms with Gasteiger partial charge >= 0.3 is 0 Å². The van der Waals surface area contributed by atoms with E-state index in [-0.39, 0.29) is 19.1 Å². The summed E-state index contributed by atoms with van der Waals surface area (Å²) in [6, 6.07) is 7.63. The zero-order chi connectivity index (χ0) is 20.6. The van der Waals surface area contributed by atoms with Crippen molar-refractivity contribution in [1.82, 2.24) is 10.6 Å². The van der Waals surface area contributed by atoms with Gasteiger partial charge in [0.2, 0.25) is 5.91 Å². The Bertz CT molecular complexity index is 611. The quantitative estimate of drug-likeness (QED) is 0.167. The topological polar surface area (TPSA) is 123 Å². The minimum Gasteiger partial charge on any atom is -0.491 e. The van der Waals surface area contributed by atoms with Crippen molar-refractivity contribution in [2.24, 2.45) is 0 Å². The normalized spacial score (nSPS) is 11.5. The van der Waals surface area contributed by atoms with Gasteiger partial charge in [-0.2, -0.15) is 0 Å². The average molecular weight is 395 g/mol. The van der Waals surface area contributed by atoms with Gasteiger partial charge in [-0.15, -0.1) is 16.7 Å². The third-order valence-electron chi connectivity index (χ3n) is 3.77. The molecule has 0 bridgehead atoms.